The molecule has 1 aromatic carbocycles. The third-order valence-corrected chi connectivity index (χ3v) is 5.25. The average molecular weight is 352 g/mol. The minimum absolute atomic E-state index is 0.0940. The zero-order valence-electron chi connectivity index (χ0n) is 12.0. The van der Waals surface area contributed by atoms with Gasteiger partial charge in [-0.05, 0) is 7.05 Å². The number of sulfonamides is 1. The van der Waals surface area contributed by atoms with Gasteiger partial charge in [0.2, 0.25) is 10.0 Å². The molecule has 0 aromatic heterocycles. The van der Waals surface area contributed by atoms with Crippen LogP contribution in [0.1, 0.15) is 5.56 Å². The predicted molar refractivity (Wildman–Crippen MR) is 73.2 cm³/mol. The Hall–Kier alpha value is -1.72. The maximum absolute atomic E-state index is 12.8. The van der Waals surface area contributed by atoms with E-state index < -0.39 is 37.3 Å². The van der Waals surface area contributed by atoms with Crippen LogP contribution in [0, 0.1) is 16.2 Å². The number of piperazine rings is 1. The van der Waals surface area contributed by atoms with Crippen molar-refractivity contribution >= 4 is 15.7 Å². The molecule has 1 aliphatic heterocycles. The molecule has 0 bridgehead atoms. The molecular weight excluding hydrogens is 339 g/mol. The van der Waals surface area contributed by atoms with Crippen molar-refractivity contribution in [3.8, 4) is 0 Å². The lowest BCUT2D eigenvalue weighted by Crippen LogP contribution is -2.47. The molecule has 1 saturated heterocycles. The van der Waals surface area contributed by atoms with E-state index in [0.717, 1.165) is 4.31 Å². The smallest absolute Gasteiger partial charge is 0.304 e. The lowest BCUT2D eigenvalue weighted by molar-refractivity contribution is -0.385. The summed E-state index contributed by atoms with van der Waals surface area (Å²) in [4.78, 5) is 10.7. The molecule has 1 fully saturated rings. The Morgan fingerprint density at radius 1 is 1.22 bits per heavy atom. The average Bonchev–Trinajstić information content (AvgIpc) is 2.46. The van der Waals surface area contributed by atoms with E-state index in [2.05, 4.69) is 0 Å². The minimum atomic E-state index is -4.93. The zero-order chi connectivity index (χ0) is 17.4. The van der Waals surface area contributed by atoms with Crippen LogP contribution in [0.4, 0.5) is 18.9 Å². The van der Waals surface area contributed by atoms with Gasteiger partial charge in [-0.25, -0.2) is 8.42 Å². The Bertz CT molecular complexity index is 713. The molecule has 23 heavy (non-hydrogen) atoms. The monoisotopic (exact) mass is 352 g/mol. The van der Waals surface area contributed by atoms with E-state index in [1.54, 1.807) is 13.1 Å². The van der Waals surface area contributed by atoms with Crippen LogP contribution >= 0.6 is 0 Å². The summed E-state index contributed by atoms with van der Waals surface area (Å²) in [7, 11) is -2.49. The van der Waals surface area contributed by atoms with Crippen molar-refractivity contribution in [3.63, 3.8) is 0 Å². The summed E-state index contributed by atoms with van der Waals surface area (Å²) >= 11 is 0. The fraction of sp³-hybridized carbons (Fsp3) is 0.500. The summed E-state index contributed by atoms with van der Waals surface area (Å²) in [6.07, 6.45) is -4.93. The van der Waals surface area contributed by atoms with Crippen LogP contribution in [0.25, 0.3) is 0 Å². The van der Waals surface area contributed by atoms with Gasteiger partial charge in [-0.15, -0.1) is 0 Å². The highest BCUT2D eigenvalue weighted by molar-refractivity contribution is 7.89. The van der Waals surface area contributed by atoms with Gasteiger partial charge in [-0.1, -0.05) is 0 Å². The van der Waals surface area contributed by atoms with Crippen LogP contribution < -0.4 is 0 Å². The van der Waals surface area contributed by atoms with E-state index in [-0.39, 0.29) is 19.2 Å². The van der Waals surface area contributed by atoms with Gasteiger partial charge in [0.05, 0.1) is 15.4 Å². The molecule has 0 unspecified atom stereocenters. The second kappa shape index (κ2) is 6.06. The maximum atomic E-state index is 12.8. The number of alkyl halides is 3. The molecule has 2 rings (SSSR count). The number of nitrogens with zero attached hydrogens (tertiary/aromatic N) is 3. The summed E-state index contributed by atoms with van der Waals surface area (Å²) in [5.41, 5.74) is -2.43. The SMILES string of the molecule is CN1CCN(S(=O)(=O)c2[c]c(C(F)(F)F)cc([N+](=O)[O-])c2)CC1. The number of rotatable bonds is 3. The van der Waals surface area contributed by atoms with Crippen molar-refractivity contribution in [3.05, 3.63) is 33.9 Å². The van der Waals surface area contributed by atoms with Crippen molar-refractivity contribution in [2.75, 3.05) is 33.2 Å². The lowest BCUT2D eigenvalue weighted by Gasteiger charge is -2.31. The van der Waals surface area contributed by atoms with Gasteiger partial charge in [0.1, 0.15) is 0 Å². The highest BCUT2D eigenvalue weighted by atomic mass is 32.2. The number of hydrogen-bond donors (Lipinski definition) is 0. The summed E-state index contributed by atoms with van der Waals surface area (Å²) in [5.74, 6) is 0. The topological polar surface area (TPSA) is 83.8 Å². The molecular formula is C12H13F3N3O4S. The maximum Gasteiger partial charge on any atom is 0.417 e. The highest BCUT2D eigenvalue weighted by Crippen LogP contribution is 2.34. The number of benzene rings is 1. The Balaban J connectivity index is 2.49. The number of hydrogen-bond acceptors (Lipinski definition) is 5. The quantitative estimate of drug-likeness (QED) is 0.606. The third kappa shape index (κ3) is 3.79. The molecule has 0 spiro atoms. The Kier molecular flexibility index (Phi) is 4.64. The number of non-ortho nitro benzene ring substituents is 1. The molecule has 0 aliphatic carbocycles. The molecule has 1 aliphatic rings. The molecule has 0 atom stereocenters. The Morgan fingerprint density at radius 3 is 2.26 bits per heavy atom. The predicted octanol–water partition coefficient (Wildman–Crippen LogP) is 1.35. The van der Waals surface area contributed by atoms with Crippen molar-refractivity contribution in [2.24, 2.45) is 0 Å². The van der Waals surface area contributed by atoms with E-state index >= 15 is 0 Å². The first kappa shape index (κ1) is 17.6. The van der Waals surface area contributed by atoms with Crippen molar-refractivity contribution in [2.45, 2.75) is 11.1 Å². The van der Waals surface area contributed by atoms with Crippen LogP contribution in [0.15, 0.2) is 17.0 Å². The van der Waals surface area contributed by atoms with Crippen LogP contribution in [0.3, 0.4) is 0 Å². The number of halogens is 3. The lowest BCUT2D eigenvalue weighted by atomic mass is 10.2. The van der Waals surface area contributed by atoms with Crippen molar-refractivity contribution in [1.82, 2.24) is 9.21 Å². The molecule has 127 valence electrons. The standard InChI is InChI=1S/C12H13F3N3O4S/c1-16-2-4-17(5-3-16)23(21,22)11-7-9(12(13,14)15)6-10(8-11)18(19)20/h6,8H,2-5H2,1H3. The van der Waals surface area contributed by atoms with E-state index in [4.69, 9.17) is 0 Å². The Labute approximate surface area is 130 Å². The summed E-state index contributed by atoms with van der Waals surface area (Å²) in [6, 6.07) is 2.62. The molecule has 0 saturated carbocycles. The Morgan fingerprint density at radius 2 is 1.78 bits per heavy atom. The second-order valence-electron chi connectivity index (χ2n) is 5.08. The van der Waals surface area contributed by atoms with Gasteiger partial charge < -0.3 is 4.90 Å². The van der Waals surface area contributed by atoms with E-state index in [1.807, 2.05) is 4.90 Å². The normalized spacial score (nSPS) is 18.1. The van der Waals surface area contributed by atoms with Crippen LogP contribution in [-0.4, -0.2) is 55.8 Å². The van der Waals surface area contributed by atoms with Gasteiger partial charge in [0.25, 0.3) is 5.69 Å². The van der Waals surface area contributed by atoms with Gasteiger partial charge in [-0.3, -0.25) is 10.1 Å². The summed E-state index contributed by atoms with van der Waals surface area (Å²) in [5, 5.41) is 10.8. The molecule has 0 amide bonds. The first-order valence-corrected chi connectivity index (χ1v) is 7.93. The van der Waals surface area contributed by atoms with E-state index in [1.165, 1.54) is 0 Å². The van der Waals surface area contributed by atoms with E-state index in [9.17, 15) is 31.7 Å². The van der Waals surface area contributed by atoms with Crippen LogP contribution in [0.2, 0.25) is 0 Å². The first-order chi connectivity index (χ1) is 10.5. The van der Waals surface area contributed by atoms with Gasteiger partial charge in [0, 0.05) is 44.4 Å². The molecule has 7 nitrogen and oxygen atoms in total. The third-order valence-electron chi connectivity index (χ3n) is 3.43. The van der Waals surface area contributed by atoms with Crippen molar-refractivity contribution in [1.29, 1.82) is 0 Å². The molecule has 1 aromatic rings. The minimum Gasteiger partial charge on any atom is -0.304 e. The van der Waals surface area contributed by atoms with Crippen molar-refractivity contribution < 1.29 is 26.5 Å². The zero-order valence-corrected chi connectivity index (χ0v) is 12.8. The number of nitro benzene ring substituents is 1. The number of nitro groups is 1. The highest BCUT2D eigenvalue weighted by Gasteiger charge is 2.36. The molecule has 1 radical (unpaired) electrons. The van der Waals surface area contributed by atoms with Gasteiger partial charge >= 0.3 is 6.18 Å². The van der Waals surface area contributed by atoms with E-state index in [0.29, 0.717) is 19.2 Å². The number of likely N-dealkylation sites (N-methyl/N-ethyl adjacent to an activating group) is 1. The molecule has 0 N–H and O–H groups in total. The van der Waals surface area contributed by atoms with Crippen LogP contribution in [0.5, 0.6) is 0 Å². The van der Waals surface area contributed by atoms with Gasteiger partial charge in [0.15, 0.2) is 0 Å². The van der Waals surface area contributed by atoms with Crippen LogP contribution in [-0.2, 0) is 16.2 Å². The molecule has 1 heterocycles. The largest absolute Gasteiger partial charge is 0.417 e. The summed E-state index contributed by atoms with van der Waals surface area (Å²) in [6.45, 7) is 1.02. The van der Waals surface area contributed by atoms with Gasteiger partial charge in [-0.2, -0.15) is 17.5 Å². The summed E-state index contributed by atoms with van der Waals surface area (Å²) < 4.78 is 64.3. The fourth-order valence-corrected chi connectivity index (χ4v) is 3.52. The fourth-order valence-electron chi connectivity index (χ4n) is 2.09. The molecule has 11 heteroatoms. The second-order valence-corrected chi connectivity index (χ2v) is 6.99. The first-order valence-electron chi connectivity index (χ1n) is 6.49.